The van der Waals surface area contributed by atoms with Crippen LogP contribution in [0.15, 0.2) is 34.9 Å². The maximum absolute atomic E-state index is 9.04. The van der Waals surface area contributed by atoms with Crippen molar-refractivity contribution in [2.24, 2.45) is 0 Å². The normalized spacial score (nSPS) is 19.3. The van der Waals surface area contributed by atoms with Crippen LogP contribution in [0.5, 0.6) is 5.88 Å². The van der Waals surface area contributed by atoms with Gasteiger partial charge in [-0.25, -0.2) is 4.98 Å². The van der Waals surface area contributed by atoms with Crippen molar-refractivity contribution in [1.29, 1.82) is 0 Å². The maximum Gasteiger partial charge on any atom is 0.213 e. The van der Waals surface area contributed by atoms with Gasteiger partial charge in [0.1, 0.15) is 24.2 Å². The van der Waals surface area contributed by atoms with Gasteiger partial charge in [-0.3, -0.25) is 4.90 Å². The molecular formula is C16H19ClN2O3. The van der Waals surface area contributed by atoms with E-state index in [-0.39, 0.29) is 12.7 Å². The lowest BCUT2D eigenvalue weighted by Crippen LogP contribution is -2.40. The van der Waals surface area contributed by atoms with Crippen molar-refractivity contribution < 1.29 is 14.3 Å². The summed E-state index contributed by atoms with van der Waals surface area (Å²) in [5.41, 5.74) is 0. The second-order valence-corrected chi connectivity index (χ2v) is 5.89. The van der Waals surface area contributed by atoms with Gasteiger partial charge in [-0.2, -0.15) is 0 Å². The molecule has 3 heterocycles. The second-order valence-electron chi connectivity index (χ2n) is 5.46. The van der Waals surface area contributed by atoms with E-state index in [1.807, 2.05) is 12.1 Å². The Kier molecular flexibility index (Phi) is 4.97. The standard InChI is InChI=1S/C16H19ClN2O3/c17-12-3-6-16(18-8-12)22-13-2-1-7-19(9-13)10-14-4-5-15(11-20)21-14/h3-6,8,13,20H,1-2,7,9-11H2/t13-/m0/s1. The van der Waals surface area contributed by atoms with Crippen molar-refractivity contribution in [3.63, 3.8) is 0 Å². The van der Waals surface area contributed by atoms with E-state index in [1.54, 1.807) is 18.3 Å². The Labute approximate surface area is 134 Å². The lowest BCUT2D eigenvalue weighted by atomic mass is 10.1. The Bertz CT molecular complexity index is 600. The van der Waals surface area contributed by atoms with Gasteiger partial charge >= 0.3 is 0 Å². The summed E-state index contributed by atoms with van der Waals surface area (Å²) in [4.78, 5) is 6.47. The predicted molar refractivity (Wildman–Crippen MR) is 82.8 cm³/mol. The summed E-state index contributed by atoms with van der Waals surface area (Å²) in [6, 6.07) is 7.30. The number of aliphatic hydroxyl groups excluding tert-OH is 1. The molecule has 0 aliphatic carbocycles. The molecular weight excluding hydrogens is 304 g/mol. The summed E-state index contributed by atoms with van der Waals surface area (Å²) in [5, 5.41) is 9.65. The summed E-state index contributed by atoms with van der Waals surface area (Å²) in [5.74, 6) is 2.08. The highest BCUT2D eigenvalue weighted by Crippen LogP contribution is 2.20. The van der Waals surface area contributed by atoms with Crippen LogP contribution in [0.1, 0.15) is 24.4 Å². The minimum absolute atomic E-state index is 0.0615. The van der Waals surface area contributed by atoms with Gasteiger partial charge in [0, 0.05) is 18.8 Å². The average molecular weight is 323 g/mol. The molecule has 6 heteroatoms. The monoisotopic (exact) mass is 322 g/mol. The van der Waals surface area contributed by atoms with Gasteiger partial charge in [0.05, 0.1) is 11.6 Å². The Balaban J connectivity index is 1.55. The number of nitrogens with zero attached hydrogens (tertiary/aromatic N) is 2. The molecule has 0 radical (unpaired) electrons. The summed E-state index contributed by atoms with van der Waals surface area (Å²) in [6.07, 6.45) is 3.80. The molecule has 0 saturated carbocycles. The number of piperidine rings is 1. The van der Waals surface area contributed by atoms with Crippen molar-refractivity contribution in [3.8, 4) is 5.88 Å². The van der Waals surface area contributed by atoms with Gasteiger partial charge in [-0.05, 0) is 37.6 Å². The summed E-state index contributed by atoms with van der Waals surface area (Å²) in [7, 11) is 0. The number of hydrogen-bond acceptors (Lipinski definition) is 5. The summed E-state index contributed by atoms with van der Waals surface area (Å²) in [6.45, 7) is 2.52. The van der Waals surface area contributed by atoms with Gasteiger partial charge in [-0.1, -0.05) is 11.6 Å². The van der Waals surface area contributed by atoms with Crippen LogP contribution in [0.2, 0.25) is 5.02 Å². The van der Waals surface area contributed by atoms with Crippen molar-refractivity contribution >= 4 is 11.6 Å². The van der Waals surface area contributed by atoms with Crippen molar-refractivity contribution in [3.05, 3.63) is 47.0 Å². The Morgan fingerprint density at radius 1 is 1.32 bits per heavy atom. The highest BCUT2D eigenvalue weighted by atomic mass is 35.5. The Morgan fingerprint density at radius 3 is 2.91 bits per heavy atom. The zero-order valence-corrected chi connectivity index (χ0v) is 13.0. The lowest BCUT2D eigenvalue weighted by Gasteiger charge is -2.31. The van der Waals surface area contributed by atoms with Crippen LogP contribution >= 0.6 is 11.6 Å². The number of aliphatic hydroxyl groups is 1. The molecule has 1 saturated heterocycles. The van der Waals surface area contributed by atoms with Crippen LogP contribution in [-0.2, 0) is 13.2 Å². The van der Waals surface area contributed by atoms with Crippen molar-refractivity contribution in [1.82, 2.24) is 9.88 Å². The third-order valence-electron chi connectivity index (χ3n) is 3.70. The molecule has 1 atom stereocenters. The minimum Gasteiger partial charge on any atom is -0.473 e. The zero-order chi connectivity index (χ0) is 15.4. The third-order valence-corrected chi connectivity index (χ3v) is 3.93. The first kappa shape index (κ1) is 15.3. The molecule has 5 nitrogen and oxygen atoms in total. The Morgan fingerprint density at radius 2 is 2.18 bits per heavy atom. The van der Waals surface area contributed by atoms with Gasteiger partial charge < -0.3 is 14.3 Å². The predicted octanol–water partition coefficient (Wildman–Crippen LogP) is 2.86. The molecule has 0 unspecified atom stereocenters. The molecule has 0 amide bonds. The van der Waals surface area contributed by atoms with E-state index in [0.717, 1.165) is 38.2 Å². The van der Waals surface area contributed by atoms with Gasteiger partial charge in [0.25, 0.3) is 0 Å². The van der Waals surface area contributed by atoms with Crippen LogP contribution in [0.4, 0.5) is 0 Å². The number of aromatic nitrogens is 1. The van der Waals surface area contributed by atoms with E-state index in [9.17, 15) is 0 Å². The molecule has 118 valence electrons. The first-order valence-electron chi connectivity index (χ1n) is 7.42. The van der Waals surface area contributed by atoms with Gasteiger partial charge in [0.2, 0.25) is 5.88 Å². The summed E-state index contributed by atoms with van der Waals surface area (Å²) >= 11 is 5.83. The van der Waals surface area contributed by atoms with Gasteiger partial charge in [0.15, 0.2) is 0 Å². The first-order chi connectivity index (χ1) is 10.7. The zero-order valence-electron chi connectivity index (χ0n) is 12.2. The molecule has 1 fully saturated rings. The quantitative estimate of drug-likeness (QED) is 0.917. The van der Waals surface area contributed by atoms with Crippen molar-refractivity contribution in [2.75, 3.05) is 13.1 Å². The maximum atomic E-state index is 9.04. The molecule has 0 bridgehead atoms. The molecule has 2 aromatic heterocycles. The number of ether oxygens (including phenoxy) is 1. The number of pyridine rings is 1. The average Bonchev–Trinajstić information content (AvgIpc) is 2.98. The lowest BCUT2D eigenvalue weighted by molar-refractivity contribution is 0.0763. The molecule has 1 N–H and O–H groups in total. The van der Waals surface area contributed by atoms with E-state index >= 15 is 0 Å². The van der Waals surface area contributed by atoms with E-state index in [0.29, 0.717) is 16.7 Å². The van der Waals surface area contributed by atoms with Gasteiger partial charge in [-0.15, -0.1) is 0 Å². The van der Waals surface area contributed by atoms with Crippen LogP contribution in [0.25, 0.3) is 0 Å². The number of furan rings is 1. The molecule has 0 spiro atoms. The topological polar surface area (TPSA) is 58.7 Å². The highest BCUT2D eigenvalue weighted by Gasteiger charge is 2.22. The van der Waals surface area contributed by atoms with Crippen LogP contribution in [0, 0.1) is 0 Å². The molecule has 3 rings (SSSR count). The molecule has 0 aromatic carbocycles. The molecule has 1 aliphatic heterocycles. The smallest absolute Gasteiger partial charge is 0.213 e. The molecule has 2 aromatic rings. The number of halogens is 1. The highest BCUT2D eigenvalue weighted by molar-refractivity contribution is 6.30. The fourth-order valence-electron chi connectivity index (χ4n) is 2.67. The van der Waals surface area contributed by atoms with Crippen LogP contribution < -0.4 is 4.74 Å². The molecule has 22 heavy (non-hydrogen) atoms. The van der Waals surface area contributed by atoms with Crippen LogP contribution in [-0.4, -0.2) is 34.2 Å². The van der Waals surface area contributed by atoms with Crippen molar-refractivity contribution in [2.45, 2.75) is 32.1 Å². The second kappa shape index (κ2) is 7.13. The number of rotatable bonds is 5. The fourth-order valence-corrected chi connectivity index (χ4v) is 2.78. The van der Waals surface area contributed by atoms with E-state index < -0.39 is 0 Å². The molecule has 1 aliphatic rings. The summed E-state index contributed by atoms with van der Waals surface area (Å²) < 4.78 is 11.5. The largest absolute Gasteiger partial charge is 0.473 e. The number of hydrogen-bond donors (Lipinski definition) is 1. The first-order valence-corrected chi connectivity index (χ1v) is 7.80. The minimum atomic E-state index is -0.0615. The third kappa shape index (κ3) is 4.00. The Hall–Kier alpha value is -1.56. The van der Waals surface area contributed by atoms with Crippen LogP contribution in [0.3, 0.4) is 0 Å². The number of likely N-dealkylation sites (tertiary alicyclic amines) is 1. The SMILES string of the molecule is OCc1ccc(CN2CCC[C@H](Oc3ccc(Cl)cn3)C2)o1. The fraction of sp³-hybridized carbons (Fsp3) is 0.438. The van der Waals surface area contributed by atoms with E-state index in [4.69, 9.17) is 25.9 Å². The van der Waals surface area contributed by atoms with E-state index in [1.165, 1.54) is 0 Å². The van der Waals surface area contributed by atoms with E-state index in [2.05, 4.69) is 9.88 Å².